The van der Waals surface area contributed by atoms with E-state index in [2.05, 4.69) is 68.5 Å². The lowest BCUT2D eigenvalue weighted by atomic mass is 10.0. The molecule has 0 bridgehead atoms. The molecule has 2 aromatic rings. The molecule has 1 atom stereocenters. The predicted molar refractivity (Wildman–Crippen MR) is 89.3 cm³/mol. The lowest BCUT2D eigenvalue weighted by Crippen LogP contribution is -2.39. The van der Waals surface area contributed by atoms with Gasteiger partial charge in [0, 0.05) is 25.3 Å². The van der Waals surface area contributed by atoms with Gasteiger partial charge in [0.15, 0.2) is 5.65 Å². The van der Waals surface area contributed by atoms with Gasteiger partial charge in [-0.15, -0.1) is 0 Å². The van der Waals surface area contributed by atoms with Crippen LogP contribution in [0.2, 0.25) is 0 Å². The summed E-state index contributed by atoms with van der Waals surface area (Å²) in [4.78, 5) is 10.8. The van der Waals surface area contributed by atoms with E-state index in [-0.39, 0.29) is 0 Å². The monoisotopic (exact) mass is 353 g/mol. The van der Waals surface area contributed by atoms with Crippen molar-refractivity contribution in [2.75, 3.05) is 20.6 Å². The van der Waals surface area contributed by atoms with E-state index in [1.54, 1.807) is 6.20 Å². The van der Waals surface area contributed by atoms with Crippen molar-refractivity contribution >= 4 is 21.6 Å². The van der Waals surface area contributed by atoms with Gasteiger partial charge in [-0.2, -0.15) is 0 Å². The van der Waals surface area contributed by atoms with Crippen molar-refractivity contribution in [2.45, 2.75) is 32.9 Å². The van der Waals surface area contributed by atoms with Crippen molar-refractivity contribution < 1.29 is 0 Å². The summed E-state index contributed by atoms with van der Waals surface area (Å²) in [6.45, 7) is 6.38. The van der Waals surface area contributed by atoms with E-state index >= 15 is 0 Å². The maximum Gasteiger partial charge on any atom is 0.155 e. The minimum Gasteiger partial charge on any atom is -0.308 e. The van der Waals surface area contributed by atoms with Crippen molar-refractivity contribution in [3.63, 3.8) is 0 Å². The maximum atomic E-state index is 4.39. The molecule has 0 radical (unpaired) electrons. The van der Waals surface area contributed by atoms with E-state index < -0.39 is 0 Å². The van der Waals surface area contributed by atoms with E-state index in [0.29, 0.717) is 12.0 Å². The van der Waals surface area contributed by atoms with Crippen LogP contribution in [0.4, 0.5) is 0 Å². The Labute approximate surface area is 134 Å². The van der Waals surface area contributed by atoms with Crippen molar-refractivity contribution in [1.29, 1.82) is 0 Å². The summed E-state index contributed by atoms with van der Waals surface area (Å²) in [7, 11) is 4.23. The second-order valence-corrected chi connectivity index (χ2v) is 6.97. The standard InChI is InChI=1S/C15H24BrN5/c1-11(2)5-12(9-20(3)4)17-6-13-7-19-15-8-18-14(16)10-21(13)15/h7-8,10-12,17H,5-6,9H2,1-4H3. The minimum absolute atomic E-state index is 0.482. The van der Waals surface area contributed by atoms with E-state index in [1.807, 2.05) is 12.4 Å². The second-order valence-electron chi connectivity index (χ2n) is 6.16. The summed E-state index contributed by atoms with van der Waals surface area (Å²) in [5, 5.41) is 3.66. The highest BCUT2D eigenvalue weighted by molar-refractivity contribution is 9.10. The normalized spacial score (nSPS) is 13.5. The van der Waals surface area contributed by atoms with Gasteiger partial charge in [-0.05, 0) is 42.4 Å². The van der Waals surface area contributed by atoms with Crippen molar-refractivity contribution in [3.8, 4) is 0 Å². The molecule has 6 heteroatoms. The second kappa shape index (κ2) is 7.33. The molecule has 2 rings (SSSR count). The number of nitrogens with one attached hydrogen (secondary N) is 1. The van der Waals surface area contributed by atoms with E-state index in [4.69, 9.17) is 0 Å². The molecule has 0 aliphatic heterocycles. The number of nitrogens with zero attached hydrogens (tertiary/aromatic N) is 4. The largest absolute Gasteiger partial charge is 0.308 e. The third-order valence-corrected chi connectivity index (χ3v) is 3.76. The topological polar surface area (TPSA) is 45.5 Å². The summed E-state index contributed by atoms with van der Waals surface area (Å²) in [6.07, 6.45) is 6.82. The Balaban J connectivity index is 2.06. The summed E-state index contributed by atoms with van der Waals surface area (Å²) < 4.78 is 2.90. The summed E-state index contributed by atoms with van der Waals surface area (Å²) >= 11 is 3.41. The Morgan fingerprint density at radius 1 is 1.29 bits per heavy atom. The van der Waals surface area contributed by atoms with E-state index in [1.165, 1.54) is 6.42 Å². The number of halogens is 1. The summed E-state index contributed by atoms with van der Waals surface area (Å²) in [5.74, 6) is 0.683. The molecule has 21 heavy (non-hydrogen) atoms. The van der Waals surface area contributed by atoms with Gasteiger partial charge in [-0.25, -0.2) is 9.97 Å². The van der Waals surface area contributed by atoms with Crippen LogP contribution in [0.1, 0.15) is 26.0 Å². The molecule has 2 heterocycles. The first-order valence-electron chi connectivity index (χ1n) is 7.31. The number of fused-ring (bicyclic) bond motifs is 1. The minimum atomic E-state index is 0.482. The number of likely N-dealkylation sites (N-methyl/N-ethyl adjacent to an activating group) is 1. The van der Waals surface area contributed by atoms with Crippen molar-refractivity contribution in [2.24, 2.45) is 5.92 Å². The van der Waals surface area contributed by atoms with Crippen molar-refractivity contribution in [1.82, 2.24) is 24.6 Å². The number of hydrogen-bond acceptors (Lipinski definition) is 4. The molecule has 0 fully saturated rings. The highest BCUT2D eigenvalue weighted by Gasteiger charge is 2.13. The molecule has 0 spiro atoms. The molecule has 0 aromatic carbocycles. The van der Waals surface area contributed by atoms with E-state index in [0.717, 1.165) is 29.0 Å². The van der Waals surface area contributed by atoms with Crippen LogP contribution in [0.25, 0.3) is 5.65 Å². The first-order chi connectivity index (χ1) is 9.95. The van der Waals surface area contributed by atoms with Crippen LogP contribution in [0.15, 0.2) is 23.2 Å². The van der Waals surface area contributed by atoms with Crippen molar-refractivity contribution in [3.05, 3.63) is 28.9 Å². The molecule has 1 N–H and O–H groups in total. The smallest absolute Gasteiger partial charge is 0.155 e. The van der Waals surface area contributed by atoms with Gasteiger partial charge in [0.25, 0.3) is 0 Å². The molecule has 116 valence electrons. The van der Waals surface area contributed by atoms with Gasteiger partial charge in [-0.1, -0.05) is 13.8 Å². The highest BCUT2D eigenvalue weighted by atomic mass is 79.9. The first kappa shape index (κ1) is 16.4. The molecule has 5 nitrogen and oxygen atoms in total. The number of imidazole rings is 1. The number of hydrogen-bond donors (Lipinski definition) is 1. The third-order valence-electron chi connectivity index (χ3n) is 3.35. The van der Waals surface area contributed by atoms with Gasteiger partial charge in [-0.3, -0.25) is 4.40 Å². The Kier molecular flexibility index (Phi) is 5.72. The maximum absolute atomic E-state index is 4.39. The zero-order chi connectivity index (χ0) is 15.4. The molecule has 2 aromatic heterocycles. The van der Waals surface area contributed by atoms with Gasteiger partial charge in [0.2, 0.25) is 0 Å². The average Bonchev–Trinajstić information content (AvgIpc) is 2.77. The Hall–Kier alpha value is -0.980. The van der Waals surface area contributed by atoms with Crippen LogP contribution >= 0.6 is 15.9 Å². The molecular formula is C15H24BrN5. The quantitative estimate of drug-likeness (QED) is 0.830. The summed E-state index contributed by atoms with van der Waals surface area (Å²) in [5.41, 5.74) is 2.03. The summed E-state index contributed by atoms with van der Waals surface area (Å²) in [6, 6.07) is 0.482. The fraction of sp³-hybridized carbons (Fsp3) is 0.600. The van der Waals surface area contributed by atoms with Crippen LogP contribution in [-0.4, -0.2) is 46.0 Å². The van der Waals surface area contributed by atoms with Gasteiger partial charge in [0.05, 0.1) is 18.1 Å². The lowest BCUT2D eigenvalue weighted by molar-refractivity contribution is 0.304. The predicted octanol–water partition coefficient (Wildman–Crippen LogP) is 2.56. The van der Waals surface area contributed by atoms with Gasteiger partial charge < -0.3 is 10.2 Å². The molecule has 0 amide bonds. The SMILES string of the molecule is CC(C)CC(CN(C)C)NCc1cnc2cnc(Br)cn12. The van der Waals surface area contributed by atoms with Crippen LogP contribution in [0.5, 0.6) is 0 Å². The zero-order valence-electron chi connectivity index (χ0n) is 13.2. The van der Waals surface area contributed by atoms with Crippen LogP contribution in [0.3, 0.4) is 0 Å². The average molecular weight is 354 g/mol. The molecule has 0 aliphatic carbocycles. The van der Waals surface area contributed by atoms with Crippen LogP contribution in [0, 0.1) is 5.92 Å². The highest BCUT2D eigenvalue weighted by Crippen LogP contribution is 2.12. The Bertz CT molecular complexity index is 568. The molecular weight excluding hydrogens is 330 g/mol. The number of rotatable bonds is 7. The van der Waals surface area contributed by atoms with Crippen LogP contribution in [-0.2, 0) is 6.54 Å². The first-order valence-corrected chi connectivity index (χ1v) is 8.10. The Morgan fingerprint density at radius 2 is 2.05 bits per heavy atom. The molecule has 0 saturated heterocycles. The zero-order valence-corrected chi connectivity index (χ0v) is 14.8. The molecule has 1 unspecified atom stereocenters. The fourth-order valence-corrected chi connectivity index (χ4v) is 2.84. The molecule has 0 saturated carbocycles. The molecule has 0 aliphatic rings. The Morgan fingerprint density at radius 3 is 2.71 bits per heavy atom. The van der Waals surface area contributed by atoms with E-state index in [9.17, 15) is 0 Å². The van der Waals surface area contributed by atoms with Crippen LogP contribution < -0.4 is 5.32 Å². The number of aromatic nitrogens is 3. The van der Waals surface area contributed by atoms with Gasteiger partial charge in [0.1, 0.15) is 4.60 Å². The third kappa shape index (κ3) is 4.76. The lowest BCUT2D eigenvalue weighted by Gasteiger charge is -2.24. The fourth-order valence-electron chi connectivity index (χ4n) is 2.53. The van der Waals surface area contributed by atoms with Gasteiger partial charge >= 0.3 is 0 Å².